The van der Waals surface area contributed by atoms with E-state index in [0.717, 1.165) is 21.8 Å². The molecule has 2 aromatic heterocycles. The number of fused-ring (bicyclic) bond motifs is 1. The molecule has 0 saturated carbocycles. The Balaban J connectivity index is 1.70. The van der Waals surface area contributed by atoms with Crippen LogP contribution in [0, 0.1) is 6.92 Å². The van der Waals surface area contributed by atoms with Crippen molar-refractivity contribution in [3.63, 3.8) is 0 Å². The first kappa shape index (κ1) is 17.8. The van der Waals surface area contributed by atoms with Gasteiger partial charge in [0, 0.05) is 21.9 Å². The highest BCUT2D eigenvalue weighted by molar-refractivity contribution is 7.15. The summed E-state index contributed by atoms with van der Waals surface area (Å²) in [6.07, 6.45) is -0.613. The summed E-state index contributed by atoms with van der Waals surface area (Å²) in [5, 5.41) is 20.3. The van der Waals surface area contributed by atoms with Crippen LogP contribution in [0.4, 0.5) is 5.82 Å². The lowest BCUT2D eigenvalue weighted by atomic mass is 10.1. The normalized spacial score (nSPS) is 15.0. The number of phenolic OH excluding ortho intramolecular Hbond substituents is 1. The lowest BCUT2D eigenvalue weighted by Crippen LogP contribution is -2.26. The van der Waals surface area contributed by atoms with E-state index in [-0.39, 0.29) is 5.75 Å². The molecule has 0 aliphatic carbocycles. The van der Waals surface area contributed by atoms with Crippen molar-refractivity contribution in [2.75, 3.05) is 18.1 Å². The summed E-state index contributed by atoms with van der Waals surface area (Å²) in [6.45, 7) is 5.47. The molecule has 0 saturated heterocycles. The minimum atomic E-state index is -0.613. The molecule has 1 aromatic carbocycles. The highest BCUT2D eigenvalue weighted by Gasteiger charge is 2.21. The minimum Gasteiger partial charge on any atom is -0.504 e. The van der Waals surface area contributed by atoms with Crippen LogP contribution in [0.25, 0.3) is 10.4 Å². The Kier molecular flexibility index (Phi) is 4.76. The monoisotopic (exact) mass is 382 g/mol. The van der Waals surface area contributed by atoms with E-state index in [1.54, 1.807) is 24.3 Å². The van der Waals surface area contributed by atoms with Gasteiger partial charge in [-0.2, -0.15) is 0 Å². The van der Waals surface area contributed by atoms with Gasteiger partial charge in [-0.1, -0.05) is 6.07 Å². The number of thiophene rings is 1. The topological polar surface area (TPSA) is 65.8 Å². The molecule has 0 fully saturated rings. The molecule has 27 heavy (non-hydrogen) atoms. The summed E-state index contributed by atoms with van der Waals surface area (Å²) in [5.41, 5.74) is 2.56. The molecule has 1 aliphatic rings. The van der Waals surface area contributed by atoms with Crippen molar-refractivity contribution in [3.8, 4) is 21.9 Å². The number of benzene rings is 1. The number of anilines is 1. The van der Waals surface area contributed by atoms with Crippen molar-refractivity contribution < 1.29 is 14.9 Å². The highest BCUT2D eigenvalue weighted by Crippen LogP contribution is 2.39. The summed E-state index contributed by atoms with van der Waals surface area (Å²) in [7, 11) is 0. The lowest BCUT2D eigenvalue weighted by molar-refractivity contribution is 0.194. The number of rotatable bonds is 3. The van der Waals surface area contributed by atoms with Gasteiger partial charge in [0.25, 0.3) is 0 Å². The first-order chi connectivity index (χ1) is 13.0. The number of aliphatic hydroxyl groups excluding tert-OH is 1. The molecule has 3 aromatic rings. The zero-order valence-electron chi connectivity index (χ0n) is 15.3. The lowest BCUT2D eigenvalue weighted by Gasteiger charge is -2.22. The number of phenols is 1. The van der Waals surface area contributed by atoms with Crippen molar-refractivity contribution in [1.29, 1.82) is 0 Å². The fourth-order valence-electron chi connectivity index (χ4n) is 3.27. The molecule has 6 heteroatoms. The average Bonchev–Trinajstić information content (AvgIpc) is 2.96. The number of hydrogen-bond acceptors (Lipinski definition) is 6. The molecular formula is C21H22N2O3S. The largest absolute Gasteiger partial charge is 0.504 e. The van der Waals surface area contributed by atoms with Gasteiger partial charge in [-0.3, -0.25) is 0 Å². The van der Waals surface area contributed by atoms with Crippen LogP contribution in [-0.4, -0.2) is 28.3 Å². The second-order valence-corrected chi connectivity index (χ2v) is 8.05. The van der Waals surface area contributed by atoms with Gasteiger partial charge in [0.1, 0.15) is 12.4 Å². The Hall–Kier alpha value is -2.57. The Bertz CT molecular complexity index is 968. The van der Waals surface area contributed by atoms with Crippen LogP contribution in [0.1, 0.15) is 29.2 Å². The van der Waals surface area contributed by atoms with Gasteiger partial charge in [0.2, 0.25) is 0 Å². The fourth-order valence-corrected chi connectivity index (χ4v) is 4.13. The third kappa shape index (κ3) is 3.63. The van der Waals surface area contributed by atoms with Crippen LogP contribution in [0.3, 0.4) is 0 Å². The number of aliphatic hydroxyl groups is 1. The standard InChI is InChI=1S/C21H22N2O3S/c1-13-6-7-19(27-13)15-10-16-12-23(8-9-26-21(16)18(25)11-15)20-5-3-4-17(22-20)14(2)24/h3-7,10-11,14,24-25H,8-9,12H2,1-2H3/t14-/m0/s1. The third-order valence-corrected chi connectivity index (χ3v) is 5.70. The molecule has 0 radical (unpaired) electrons. The first-order valence-corrected chi connectivity index (χ1v) is 9.78. The van der Waals surface area contributed by atoms with Gasteiger partial charge in [-0.25, -0.2) is 4.98 Å². The Morgan fingerprint density at radius 3 is 2.81 bits per heavy atom. The van der Waals surface area contributed by atoms with Crippen LogP contribution in [0.5, 0.6) is 11.5 Å². The number of nitrogens with zero attached hydrogens (tertiary/aromatic N) is 2. The zero-order valence-corrected chi connectivity index (χ0v) is 16.2. The van der Waals surface area contributed by atoms with E-state index < -0.39 is 6.10 Å². The van der Waals surface area contributed by atoms with Crippen LogP contribution in [0.15, 0.2) is 42.5 Å². The van der Waals surface area contributed by atoms with Crippen molar-refractivity contribution >= 4 is 17.2 Å². The second kappa shape index (κ2) is 7.21. The molecule has 0 spiro atoms. The number of aryl methyl sites for hydroxylation is 1. The molecule has 4 rings (SSSR count). The maximum Gasteiger partial charge on any atom is 0.166 e. The van der Waals surface area contributed by atoms with E-state index in [4.69, 9.17) is 4.74 Å². The number of aromatic nitrogens is 1. The van der Waals surface area contributed by atoms with Crippen molar-refractivity contribution in [1.82, 2.24) is 4.98 Å². The number of ether oxygens (including phenoxy) is 1. The Morgan fingerprint density at radius 2 is 2.07 bits per heavy atom. The predicted octanol–water partition coefficient (Wildman–Crippen LogP) is 4.28. The van der Waals surface area contributed by atoms with E-state index in [1.165, 1.54) is 4.88 Å². The maximum atomic E-state index is 10.5. The molecule has 2 N–H and O–H groups in total. The fraction of sp³-hybridized carbons (Fsp3) is 0.286. The van der Waals surface area contributed by atoms with E-state index in [1.807, 2.05) is 18.2 Å². The summed E-state index contributed by atoms with van der Waals surface area (Å²) in [4.78, 5) is 9.04. The summed E-state index contributed by atoms with van der Waals surface area (Å²) < 4.78 is 5.84. The SMILES string of the molecule is Cc1ccc(-c2cc(O)c3c(c2)CN(c2cccc([C@H](C)O)n2)CCO3)s1. The van der Waals surface area contributed by atoms with Crippen LogP contribution >= 0.6 is 11.3 Å². The predicted molar refractivity (Wildman–Crippen MR) is 108 cm³/mol. The molecule has 5 nitrogen and oxygen atoms in total. The smallest absolute Gasteiger partial charge is 0.166 e. The summed E-state index contributed by atoms with van der Waals surface area (Å²) in [6, 6.07) is 13.7. The van der Waals surface area contributed by atoms with Crippen molar-refractivity contribution in [2.45, 2.75) is 26.5 Å². The van der Waals surface area contributed by atoms with E-state index in [0.29, 0.717) is 31.1 Å². The van der Waals surface area contributed by atoms with Crippen LogP contribution in [0.2, 0.25) is 0 Å². The first-order valence-electron chi connectivity index (χ1n) is 8.97. The molecule has 0 amide bonds. The van der Waals surface area contributed by atoms with Gasteiger partial charge in [0.05, 0.1) is 18.3 Å². The van der Waals surface area contributed by atoms with Gasteiger partial charge in [-0.15, -0.1) is 11.3 Å². The average molecular weight is 382 g/mol. The Morgan fingerprint density at radius 1 is 1.22 bits per heavy atom. The summed E-state index contributed by atoms with van der Waals surface area (Å²) in [5.74, 6) is 1.50. The molecule has 1 atom stereocenters. The van der Waals surface area contributed by atoms with Gasteiger partial charge >= 0.3 is 0 Å². The number of hydrogen-bond donors (Lipinski definition) is 2. The van der Waals surface area contributed by atoms with E-state index >= 15 is 0 Å². The summed E-state index contributed by atoms with van der Waals surface area (Å²) >= 11 is 1.70. The second-order valence-electron chi connectivity index (χ2n) is 6.76. The van der Waals surface area contributed by atoms with Crippen LogP contribution in [-0.2, 0) is 6.54 Å². The minimum absolute atomic E-state index is 0.168. The molecule has 0 unspecified atom stereocenters. The number of aromatic hydroxyl groups is 1. The highest BCUT2D eigenvalue weighted by atomic mass is 32.1. The Labute approximate surface area is 162 Å². The number of pyridine rings is 1. The van der Waals surface area contributed by atoms with E-state index in [2.05, 4.69) is 35.0 Å². The van der Waals surface area contributed by atoms with E-state index in [9.17, 15) is 10.2 Å². The molecule has 3 heterocycles. The molecule has 140 valence electrons. The third-order valence-electron chi connectivity index (χ3n) is 4.65. The van der Waals surface area contributed by atoms with Gasteiger partial charge < -0.3 is 19.8 Å². The van der Waals surface area contributed by atoms with Gasteiger partial charge in [-0.05, 0) is 55.8 Å². The zero-order chi connectivity index (χ0) is 19.0. The quantitative estimate of drug-likeness (QED) is 0.708. The van der Waals surface area contributed by atoms with Crippen molar-refractivity contribution in [2.24, 2.45) is 0 Å². The molecular weight excluding hydrogens is 360 g/mol. The maximum absolute atomic E-state index is 10.5. The van der Waals surface area contributed by atoms with Crippen molar-refractivity contribution in [3.05, 3.63) is 58.6 Å². The molecule has 0 bridgehead atoms. The molecule has 1 aliphatic heterocycles. The van der Waals surface area contributed by atoms with Crippen LogP contribution < -0.4 is 9.64 Å². The van der Waals surface area contributed by atoms with Gasteiger partial charge in [0.15, 0.2) is 11.5 Å².